The zero-order chi connectivity index (χ0) is 27.6. The summed E-state index contributed by atoms with van der Waals surface area (Å²) >= 11 is 1.31. The van der Waals surface area contributed by atoms with Crippen LogP contribution in [0.3, 0.4) is 0 Å². The van der Waals surface area contributed by atoms with Gasteiger partial charge in [-0.15, -0.1) is 11.3 Å². The summed E-state index contributed by atoms with van der Waals surface area (Å²) in [6.07, 6.45) is 1.37. The summed E-state index contributed by atoms with van der Waals surface area (Å²) in [6, 6.07) is 6.13. The SMILES string of the molecule is COC(=O)NC(=O)c1c(NC(=O)c2ccc(S(=O)(=O)N3CCC(C)CC3)cc2)sc2c1CCN(C(C)C)C2. The maximum absolute atomic E-state index is 13.2. The van der Waals surface area contributed by atoms with Gasteiger partial charge in [-0.1, -0.05) is 6.92 Å². The number of ether oxygens (including phenoxy) is 1. The van der Waals surface area contributed by atoms with Gasteiger partial charge in [-0.25, -0.2) is 13.2 Å². The minimum absolute atomic E-state index is 0.141. The van der Waals surface area contributed by atoms with Crippen molar-refractivity contribution in [1.29, 1.82) is 0 Å². The lowest BCUT2D eigenvalue weighted by molar-refractivity contribution is 0.0936. The van der Waals surface area contributed by atoms with E-state index in [0.717, 1.165) is 29.8 Å². The third kappa shape index (κ3) is 5.93. The van der Waals surface area contributed by atoms with Gasteiger partial charge in [-0.05, 0) is 68.9 Å². The molecular weight excluding hydrogens is 528 g/mol. The van der Waals surface area contributed by atoms with Crippen LogP contribution in [0.1, 0.15) is 64.8 Å². The lowest BCUT2D eigenvalue weighted by Crippen LogP contribution is -2.37. The van der Waals surface area contributed by atoms with Gasteiger partial charge in [0.25, 0.3) is 11.8 Å². The van der Waals surface area contributed by atoms with E-state index >= 15 is 0 Å². The number of nitrogens with one attached hydrogen (secondary N) is 2. The summed E-state index contributed by atoms with van der Waals surface area (Å²) in [5.74, 6) is -0.615. The molecule has 12 heteroatoms. The number of sulfonamides is 1. The summed E-state index contributed by atoms with van der Waals surface area (Å²) < 4.78 is 32.1. The van der Waals surface area contributed by atoms with Gasteiger partial charge in [-0.2, -0.15) is 4.31 Å². The number of carbonyl (C=O) groups excluding carboxylic acids is 3. The molecule has 1 aromatic carbocycles. The van der Waals surface area contributed by atoms with Crippen LogP contribution in [-0.2, 0) is 27.7 Å². The van der Waals surface area contributed by atoms with E-state index in [1.807, 2.05) is 0 Å². The summed E-state index contributed by atoms with van der Waals surface area (Å²) in [5, 5.41) is 5.35. The van der Waals surface area contributed by atoms with Crippen LogP contribution in [0, 0.1) is 5.92 Å². The third-order valence-electron chi connectivity index (χ3n) is 7.17. The van der Waals surface area contributed by atoms with Crippen LogP contribution in [0.25, 0.3) is 0 Å². The number of carbonyl (C=O) groups is 3. The molecule has 2 aromatic rings. The highest BCUT2D eigenvalue weighted by molar-refractivity contribution is 7.89. The standard InChI is InChI=1S/C26H34N4O6S2/c1-16(2)29-12-11-20-21(15-29)37-25(22(20)24(32)28-26(33)36-4)27-23(31)18-5-7-19(8-6-18)38(34,35)30-13-9-17(3)10-14-30/h5-8,16-17H,9-15H2,1-4H3,(H,27,31)(H,28,32,33). The number of rotatable bonds is 6. The first-order valence-electron chi connectivity index (χ1n) is 12.7. The molecule has 0 aliphatic carbocycles. The average Bonchev–Trinajstić information content (AvgIpc) is 3.25. The first kappa shape index (κ1) is 28.2. The number of hydrogen-bond donors (Lipinski definition) is 2. The fourth-order valence-corrected chi connectivity index (χ4v) is 7.46. The minimum atomic E-state index is -3.63. The Morgan fingerprint density at radius 1 is 1.05 bits per heavy atom. The van der Waals surface area contributed by atoms with Crippen molar-refractivity contribution in [2.24, 2.45) is 5.92 Å². The molecule has 1 aromatic heterocycles. The molecule has 4 rings (SSSR count). The highest BCUT2D eigenvalue weighted by Crippen LogP contribution is 2.38. The zero-order valence-electron chi connectivity index (χ0n) is 22.1. The van der Waals surface area contributed by atoms with E-state index in [2.05, 4.69) is 41.0 Å². The number of nitrogens with zero attached hydrogens (tertiary/aromatic N) is 2. The number of anilines is 1. The molecule has 0 bridgehead atoms. The molecule has 206 valence electrons. The number of fused-ring (bicyclic) bond motifs is 1. The molecule has 2 N–H and O–H groups in total. The number of amides is 3. The van der Waals surface area contributed by atoms with Crippen molar-refractivity contribution >= 4 is 44.3 Å². The van der Waals surface area contributed by atoms with E-state index in [-0.39, 0.29) is 16.0 Å². The van der Waals surface area contributed by atoms with Crippen molar-refractivity contribution in [3.8, 4) is 0 Å². The molecule has 1 saturated heterocycles. The van der Waals surface area contributed by atoms with E-state index in [9.17, 15) is 22.8 Å². The Labute approximate surface area is 227 Å². The Bertz CT molecular complexity index is 1310. The molecule has 0 atom stereocenters. The van der Waals surface area contributed by atoms with Crippen LogP contribution in [0.2, 0.25) is 0 Å². The molecule has 10 nitrogen and oxygen atoms in total. The number of piperidine rings is 1. The molecule has 0 radical (unpaired) electrons. The molecule has 3 amide bonds. The van der Waals surface area contributed by atoms with Gasteiger partial charge in [0, 0.05) is 42.7 Å². The topological polar surface area (TPSA) is 125 Å². The van der Waals surface area contributed by atoms with Crippen LogP contribution in [0.4, 0.5) is 9.80 Å². The average molecular weight is 563 g/mol. The van der Waals surface area contributed by atoms with Gasteiger partial charge in [0.05, 0.1) is 17.6 Å². The largest absolute Gasteiger partial charge is 0.453 e. The second kappa shape index (κ2) is 11.5. The van der Waals surface area contributed by atoms with Crippen molar-refractivity contribution in [1.82, 2.24) is 14.5 Å². The third-order valence-corrected chi connectivity index (χ3v) is 10.2. The number of thiophene rings is 1. The Balaban J connectivity index is 1.56. The van der Waals surface area contributed by atoms with Gasteiger partial charge < -0.3 is 10.1 Å². The van der Waals surface area contributed by atoms with Gasteiger partial charge in [0.2, 0.25) is 10.0 Å². The van der Waals surface area contributed by atoms with Gasteiger partial charge >= 0.3 is 6.09 Å². The summed E-state index contributed by atoms with van der Waals surface area (Å²) in [5.41, 5.74) is 1.32. The second-order valence-corrected chi connectivity index (χ2v) is 13.1. The molecule has 38 heavy (non-hydrogen) atoms. The Morgan fingerprint density at radius 3 is 2.32 bits per heavy atom. The smallest absolute Gasteiger partial charge is 0.413 e. The molecule has 3 heterocycles. The zero-order valence-corrected chi connectivity index (χ0v) is 23.7. The first-order chi connectivity index (χ1) is 18.0. The van der Waals surface area contributed by atoms with Gasteiger partial charge in [0.1, 0.15) is 5.00 Å². The highest BCUT2D eigenvalue weighted by Gasteiger charge is 2.31. The predicted molar refractivity (Wildman–Crippen MR) is 145 cm³/mol. The van der Waals surface area contributed by atoms with E-state index < -0.39 is 27.9 Å². The van der Waals surface area contributed by atoms with E-state index in [1.54, 1.807) is 0 Å². The summed E-state index contributed by atoms with van der Waals surface area (Å²) in [4.78, 5) is 41.2. The lowest BCUT2D eigenvalue weighted by Gasteiger charge is -2.30. The van der Waals surface area contributed by atoms with E-state index in [0.29, 0.717) is 43.0 Å². The molecule has 0 spiro atoms. The van der Waals surface area contributed by atoms with Crippen molar-refractivity contribution in [2.75, 3.05) is 32.1 Å². The van der Waals surface area contributed by atoms with Crippen LogP contribution < -0.4 is 10.6 Å². The molecule has 0 unspecified atom stereocenters. The van der Waals surface area contributed by atoms with Crippen LogP contribution >= 0.6 is 11.3 Å². The molecule has 2 aliphatic rings. The molecule has 0 saturated carbocycles. The fraction of sp³-hybridized carbons (Fsp3) is 0.500. The number of imide groups is 1. The van der Waals surface area contributed by atoms with Crippen LogP contribution in [0.5, 0.6) is 0 Å². The summed E-state index contributed by atoms with van der Waals surface area (Å²) in [7, 11) is -2.46. The number of methoxy groups -OCH3 is 1. The Morgan fingerprint density at radius 2 is 1.71 bits per heavy atom. The predicted octanol–water partition coefficient (Wildman–Crippen LogP) is 3.68. The van der Waals surface area contributed by atoms with Crippen molar-refractivity contribution < 1.29 is 27.5 Å². The number of benzene rings is 1. The monoisotopic (exact) mass is 562 g/mol. The fourth-order valence-electron chi connectivity index (χ4n) is 4.73. The molecular formula is C26H34N4O6S2. The van der Waals surface area contributed by atoms with Gasteiger partial charge in [0.15, 0.2) is 0 Å². The quantitative estimate of drug-likeness (QED) is 0.550. The van der Waals surface area contributed by atoms with Crippen molar-refractivity contribution in [3.05, 3.63) is 45.8 Å². The van der Waals surface area contributed by atoms with Crippen LogP contribution in [-0.4, -0.2) is 68.3 Å². The van der Waals surface area contributed by atoms with Gasteiger partial charge in [-0.3, -0.25) is 19.8 Å². The Kier molecular flexibility index (Phi) is 8.55. The first-order valence-corrected chi connectivity index (χ1v) is 15.0. The maximum Gasteiger partial charge on any atom is 0.413 e. The normalized spacial score (nSPS) is 17.2. The number of alkyl carbamates (subject to hydrolysis) is 1. The second-order valence-electron chi connectivity index (χ2n) is 10.0. The highest BCUT2D eigenvalue weighted by atomic mass is 32.2. The van der Waals surface area contributed by atoms with Crippen LogP contribution in [0.15, 0.2) is 29.2 Å². The maximum atomic E-state index is 13.2. The Hall–Kier alpha value is -2.80. The number of hydrogen-bond acceptors (Lipinski definition) is 8. The molecule has 1 fully saturated rings. The van der Waals surface area contributed by atoms with Crippen molar-refractivity contribution in [2.45, 2.75) is 57.5 Å². The molecule has 2 aliphatic heterocycles. The van der Waals surface area contributed by atoms with Crippen molar-refractivity contribution in [3.63, 3.8) is 0 Å². The summed E-state index contributed by atoms with van der Waals surface area (Å²) in [6.45, 7) is 8.67. The van der Waals surface area contributed by atoms with E-state index in [1.165, 1.54) is 47.0 Å². The minimum Gasteiger partial charge on any atom is -0.453 e. The van der Waals surface area contributed by atoms with E-state index in [4.69, 9.17) is 0 Å². The lowest BCUT2D eigenvalue weighted by atomic mass is 10.0.